The molecule has 0 unspecified atom stereocenters. The summed E-state index contributed by atoms with van der Waals surface area (Å²) in [6.45, 7) is 0. The third kappa shape index (κ3) is 6.82. The van der Waals surface area contributed by atoms with Crippen molar-refractivity contribution in [3.8, 4) is 50.2 Å². The Bertz CT molecular complexity index is 4280. The highest BCUT2D eigenvalue weighted by Crippen LogP contribution is 2.43. The molecule has 0 amide bonds. The summed E-state index contributed by atoms with van der Waals surface area (Å²) < 4.78 is 8.89. The topological polar surface area (TPSA) is 21.3 Å². The zero-order chi connectivity index (χ0) is 46.8. The monoisotopic (exact) mass is 904 g/mol. The minimum Gasteiger partial charge on any atom is -0.455 e. The first kappa shape index (κ1) is 40.6. The smallest absolute Gasteiger partial charge is 0.143 e. The van der Waals surface area contributed by atoms with E-state index in [0.29, 0.717) is 0 Å². The van der Waals surface area contributed by atoms with E-state index in [-0.39, 0.29) is 0 Å². The fraction of sp³-hybridized carbons (Fsp3) is 0. The number of fused-ring (bicyclic) bond motifs is 9. The van der Waals surface area contributed by atoms with Crippen LogP contribution >= 0.6 is 0 Å². The van der Waals surface area contributed by atoms with Gasteiger partial charge in [0.25, 0.3) is 0 Å². The van der Waals surface area contributed by atoms with E-state index in [4.69, 9.17) is 4.42 Å². The van der Waals surface area contributed by atoms with E-state index < -0.39 is 0 Å². The number of furan rings is 1. The largest absolute Gasteiger partial charge is 0.455 e. The lowest BCUT2D eigenvalue weighted by atomic mass is 9.93. The molecular weight excluding hydrogens is 861 g/mol. The predicted molar refractivity (Wildman–Crippen MR) is 299 cm³/mol. The van der Waals surface area contributed by atoms with Gasteiger partial charge in [0.05, 0.1) is 16.7 Å². The van der Waals surface area contributed by atoms with Crippen LogP contribution in [0, 0.1) is 0 Å². The summed E-state index contributed by atoms with van der Waals surface area (Å²) >= 11 is 0. The van der Waals surface area contributed by atoms with Crippen LogP contribution in [0.5, 0.6) is 0 Å². The Morgan fingerprint density at radius 3 is 1.52 bits per heavy atom. The maximum Gasteiger partial charge on any atom is 0.143 e. The Morgan fingerprint density at radius 2 is 0.789 bits per heavy atom. The third-order valence-corrected chi connectivity index (χ3v) is 14.4. The molecule has 3 heteroatoms. The predicted octanol–water partition coefficient (Wildman–Crippen LogP) is 19.1. The molecule has 0 radical (unpaired) electrons. The highest BCUT2D eigenvalue weighted by molar-refractivity contribution is 6.14. The second kappa shape index (κ2) is 16.7. The highest BCUT2D eigenvalue weighted by atomic mass is 16.3. The molecule has 0 saturated heterocycles. The van der Waals surface area contributed by atoms with Crippen molar-refractivity contribution in [2.75, 3.05) is 4.90 Å². The second-order valence-electron chi connectivity index (χ2n) is 18.4. The summed E-state index contributed by atoms with van der Waals surface area (Å²) in [5.41, 5.74) is 17.8. The van der Waals surface area contributed by atoms with Crippen molar-refractivity contribution < 1.29 is 4.42 Å². The normalized spacial score (nSPS) is 11.7. The van der Waals surface area contributed by atoms with Gasteiger partial charge >= 0.3 is 0 Å². The molecule has 2 aromatic heterocycles. The van der Waals surface area contributed by atoms with Crippen molar-refractivity contribution in [3.05, 3.63) is 267 Å². The zero-order valence-electron chi connectivity index (χ0n) is 38.7. The minimum atomic E-state index is 0.900. The molecule has 0 saturated carbocycles. The first-order valence-electron chi connectivity index (χ1n) is 24.3. The SMILES string of the molecule is c1cc(-c2ccc(-c3ccccc3-n3c4ccccc4c4ccccc43)cc2)cc(N(c2ccc(-c3cc4ccccc4c4ccccc34)cc2)c2ccc(-c3cccc4c3oc3ccccc34)cc2)c1. The van der Waals surface area contributed by atoms with Crippen LogP contribution in [-0.2, 0) is 0 Å². The van der Waals surface area contributed by atoms with Gasteiger partial charge in [0.15, 0.2) is 0 Å². The zero-order valence-corrected chi connectivity index (χ0v) is 38.7. The first-order chi connectivity index (χ1) is 35.2. The Kier molecular flexibility index (Phi) is 9.53. The summed E-state index contributed by atoms with van der Waals surface area (Å²) in [6.07, 6.45) is 0. The molecule has 0 aliphatic carbocycles. The minimum absolute atomic E-state index is 0.900. The van der Waals surface area contributed by atoms with Crippen molar-refractivity contribution in [1.82, 2.24) is 4.57 Å². The fourth-order valence-electron chi connectivity index (χ4n) is 11.1. The third-order valence-electron chi connectivity index (χ3n) is 14.4. The molecule has 0 aliphatic rings. The number of para-hydroxylation sites is 5. The van der Waals surface area contributed by atoms with Gasteiger partial charge in [0.2, 0.25) is 0 Å². The number of aromatic nitrogens is 1. The van der Waals surface area contributed by atoms with E-state index in [9.17, 15) is 0 Å². The van der Waals surface area contributed by atoms with Crippen LogP contribution in [0.2, 0.25) is 0 Å². The van der Waals surface area contributed by atoms with E-state index in [1.54, 1.807) is 0 Å². The molecule has 14 aromatic rings. The van der Waals surface area contributed by atoms with Gasteiger partial charge in [0.1, 0.15) is 11.2 Å². The lowest BCUT2D eigenvalue weighted by molar-refractivity contribution is 0.670. The number of hydrogen-bond donors (Lipinski definition) is 0. The molecule has 14 rings (SSSR count). The van der Waals surface area contributed by atoms with Crippen LogP contribution in [0.1, 0.15) is 0 Å². The van der Waals surface area contributed by atoms with Gasteiger partial charge in [0, 0.05) is 49.7 Å². The second-order valence-corrected chi connectivity index (χ2v) is 18.4. The molecule has 12 aromatic carbocycles. The molecule has 0 bridgehead atoms. The van der Waals surface area contributed by atoms with Gasteiger partial charge in [-0.1, -0.05) is 200 Å². The average Bonchev–Trinajstić information content (AvgIpc) is 4.00. The molecule has 0 atom stereocenters. The van der Waals surface area contributed by atoms with Gasteiger partial charge in [-0.05, 0) is 122 Å². The van der Waals surface area contributed by atoms with Gasteiger partial charge in [-0.2, -0.15) is 0 Å². The van der Waals surface area contributed by atoms with E-state index in [1.807, 2.05) is 12.1 Å². The number of benzene rings is 12. The number of hydrogen-bond acceptors (Lipinski definition) is 2. The molecule has 332 valence electrons. The van der Waals surface area contributed by atoms with Crippen molar-refractivity contribution in [2.24, 2.45) is 0 Å². The molecule has 0 aliphatic heterocycles. The maximum absolute atomic E-state index is 6.48. The van der Waals surface area contributed by atoms with Crippen molar-refractivity contribution in [2.45, 2.75) is 0 Å². The van der Waals surface area contributed by atoms with Gasteiger partial charge in [-0.3, -0.25) is 0 Å². The summed E-state index contributed by atoms with van der Waals surface area (Å²) in [5.74, 6) is 0. The van der Waals surface area contributed by atoms with Gasteiger partial charge in [-0.25, -0.2) is 0 Å². The Balaban J connectivity index is 0.854. The van der Waals surface area contributed by atoms with E-state index >= 15 is 0 Å². The molecule has 71 heavy (non-hydrogen) atoms. The summed E-state index contributed by atoms with van der Waals surface area (Å²) in [7, 11) is 0. The number of anilines is 3. The van der Waals surface area contributed by atoms with Crippen LogP contribution in [0.3, 0.4) is 0 Å². The summed E-state index contributed by atoms with van der Waals surface area (Å²) in [5, 5.41) is 9.80. The van der Waals surface area contributed by atoms with E-state index in [2.05, 4.69) is 264 Å². The lowest BCUT2D eigenvalue weighted by Gasteiger charge is -2.26. The van der Waals surface area contributed by atoms with Crippen LogP contribution in [-0.4, -0.2) is 4.57 Å². The standard InChI is InChI=1S/C68H44N2O/c1-2-18-54-50(15-1)44-63(58-21-4-3-20-57(54)58)48-37-41-52(42-38-48)69(51-39-35-47(36-40-51)56-25-14-26-62-61-24-8-12-30-67(61)71-68(56)62)53-17-13-16-49(43-53)45-31-33-46(34-32-45)55-19-5-9-27-64(55)70-65-28-10-6-22-59(65)60-23-7-11-29-66(60)70/h1-44H. The molecule has 2 heterocycles. The van der Waals surface area contributed by atoms with Crippen molar-refractivity contribution in [1.29, 1.82) is 0 Å². The van der Waals surface area contributed by atoms with Crippen molar-refractivity contribution >= 4 is 82.4 Å². The average molecular weight is 905 g/mol. The maximum atomic E-state index is 6.48. The molecule has 0 fully saturated rings. The Labute approximate surface area is 411 Å². The summed E-state index contributed by atoms with van der Waals surface area (Å²) in [4.78, 5) is 2.37. The van der Waals surface area contributed by atoms with Gasteiger partial charge in [-0.15, -0.1) is 0 Å². The molecular formula is C68H44N2O. The lowest BCUT2D eigenvalue weighted by Crippen LogP contribution is -2.10. The van der Waals surface area contributed by atoms with Crippen LogP contribution < -0.4 is 4.90 Å². The van der Waals surface area contributed by atoms with Crippen molar-refractivity contribution in [3.63, 3.8) is 0 Å². The Morgan fingerprint density at radius 1 is 0.282 bits per heavy atom. The Hall–Kier alpha value is -9.44. The number of nitrogens with zero attached hydrogens (tertiary/aromatic N) is 2. The van der Waals surface area contributed by atoms with Gasteiger partial charge < -0.3 is 13.9 Å². The first-order valence-corrected chi connectivity index (χ1v) is 24.3. The molecule has 0 N–H and O–H groups in total. The van der Waals surface area contributed by atoms with Crippen LogP contribution in [0.15, 0.2) is 271 Å². The van der Waals surface area contributed by atoms with Crippen LogP contribution in [0.25, 0.3) is 115 Å². The molecule has 0 spiro atoms. The highest BCUT2D eigenvalue weighted by Gasteiger charge is 2.19. The fourth-order valence-corrected chi connectivity index (χ4v) is 11.1. The van der Waals surface area contributed by atoms with Crippen LogP contribution in [0.4, 0.5) is 17.1 Å². The number of rotatable bonds is 8. The van der Waals surface area contributed by atoms with E-state index in [1.165, 1.54) is 65.6 Å². The summed E-state index contributed by atoms with van der Waals surface area (Å²) in [6, 6.07) is 96.6. The van der Waals surface area contributed by atoms with E-state index in [0.717, 1.165) is 66.9 Å². The molecule has 3 nitrogen and oxygen atoms in total. The quantitative estimate of drug-likeness (QED) is 0.142.